The van der Waals surface area contributed by atoms with Crippen LogP contribution in [0.4, 0.5) is 13.2 Å². The van der Waals surface area contributed by atoms with Crippen molar-refractivity contribution in [1.82, 2.24) is 0 Å². The lowest BCUT2D eigenvalue weighted by atomic mass is 10.2. The average molecular weight is 234 g/mol. The molecule has 0 aromatic heterocycles. The Balaban J connectivity index is 2.96. The molecule has 0 bridgehead atoms. The van der Waals surface area contributed by atoms with E-state index in [-0.39, 0.29) is 12.2 Å². The first-order valence-electron chi connectivity index (χ1n) is 4.45. The predicted molar refractivity (Wildman–Crippen MR) is 49.0 cm³/mol. The summed E-state index contributed by atoms with van der Waals surface area (Å²) in [6, 6.07) is 2.15. The van der Waals surface area contributed by atoms with Gasteiger partial charge in [0.2, 0.25) is 0 Å². The van der Waals surface area contributed by atoms with Crippen LogP contribution in [0.5, 0.6) is 11.5 Å². The number of alkyl halides is 3. The minimum atomic E-state index is -4.54. The quantitative estimate of drug-likeness (QED) is 0.632. The molecule has 1 rings (SSSR count). The summed E-state index contributed by atoms with van der Waals surface area (Å²) in [5.41, 5.74) is -0.999. The van der Waals surface area contributed by atoms with Gasteiger partial charge < -0.3 is 9.84 Å². The Kier molecular flexibility index (Phi) is 3.41. The molecule has 0 aliphatic rings. The lowest BCUT2D eigenvalue weighted by Gasteiger charge is -2.09. The molecule has 0 saturated carbocycles. The third kappa shape index (κ3) is 2.88. The number of esters is 1. The second kappa shape index (κ2) is 4.42. The molecule has 1 aromatic rings. The summed E-state index contributed by atoms with van der Waals surface area (Å²) in [6.45, 7) is 1.53. The number of ether oxygens (including phenoxy) is 1. The monoisotopic (exact) mass is 234 g/mol. The van der Waals surface area contributed by atoms with Gasteiger partial charge in [-0.1, -0.05) is 6.92 Å². The minimum Gasteiger partial charge on any atom is -0.504 e. The van der Waals surface area contributed by atoms with E-state index in [0.717, 1.165) is 12.1 Å². The molecule has 0 saturated heterocycles. The van der Waals surface area contributed by atoms with E-state index in [9.17, 15) is 23.1 Å². The van der Waals surface area contributed by atoms with E-state index in [1.54, 1.807) is 0 Å². The molecule has 0 aliphatic heterocycles. The predicted octanol–water partition coefficient (Wildman–Crippen LogP) is 2.73. The van der Waals surface area contributed by atoms with Crippen LogP contribution in [0.15, 0.2) is 18.2 Å². The van der Waals surface area contributed by atoms with Gasteiger partial charge in [-0.25, -0.2) is 0 Å². The fourth-order valence-corrected chi connectivity index (χ4v) is 0.975. The number of halogens is 3. The lowest BCUT2D eigenvalue weighted by molar-refractivity contribution is -0.137. The zero-order valence-electron chi connectivity index (χ0n) is 8.34. The molecule has 3 nitrogen and oxygen atoms in total. The topological polar surface area (TPSA) is 46.5 Å². The molecule has 0 spiro atoms. The van der Waals surface area contributed by atoms with Gasteiger partial charge in [0.05, 0.1) is 5.56 Å². The van der Waals surface area contributed by atoms with Crippen molar-refractivity contribution in [3.05, 3.63) is 23.8 Å². The van der Waals surface area contributed by atoms with Crippen LogP contribution < -0.4 is 4.74 Å². The third-order valence-corrected chi connectivity index (χ3v) is 1.80. The molecular weight excluding hydrogens is 225 g/mol. The second-order valence-electron chi connectivity index (χ2n) is 3.01. The van der Waals surface area contributed by atoms with E-state index >= 15 is 0 Å². The van der Waals surface area contributed by atoms with Crippen molar-refractivity contribution in [3.63, 3.8) is 0 Å². The number of carbonyl (C=O) groups excluding carboxylic acids is 1. The standard InChI is InChI=1S/C10H9F3O3/c1-2-9(15)16-8-4-3-6(5-7(8)14)10(11,12)13/h3-5,14H,2H2,1H3. The Hall–Kier alpha value is -1.72. The van der Waals surface area contributed by atoms with Gasteiger partial charge in [-0.05, 0) is 18.2 Å². The first-order valence-corrected chi connectivity index (χ1v) is 4.45. The van der Waals surface area contributed by atoms with Gasteiger partial charge in [-0.2, -0.15) is 13.2 Å². The molecule has 0 aliphatic carbocycles. The summed E-state index contributed by atoms with van der Waals surface area (Å²) in [6.07, 6.45) is -4.47. The summed E-state index contributed by atoms with van der Waals surface area (Å²) in [4.78, 5) is 10.9. The van der Waals surface area contributed by atoms with Crippen LogP contribution in [0, 0.1) is 0 Å². The summed E-state index contributed by atoms with van der Waals surface area (Å²) >= 11 is 0. The van der Waals surface area contributed by atoms with Crippen LogP contribution >= 0.6 is 0 Å². The molecule has 0 amide bonds. The van der Waals surface area contributed by atoms with Crippen LogP contribution in [-0.4, -0.2) is 11.1 Å². The highest BCUT2D eigenvalue weighted by Gasteiger charge is 2.31. The van der Waals surface area contributed by atoms with Gasteiger partial charge in [0, 0.05) is 6.42 Å². The maximum Gasteiger partial charge on any atom is 0.416 e. The maximum atomic E-state index is 12.2. The molecule has 6 heteroatoms. The molecule has 1 N–H and O–H groups in total. The highest BCUT2D eigenvalue weighted by atomic mass is 19.4. The Morgan fingerprint density at radius 3 is 2.50 bits per heavy atom. The number of hydrogen-bond donors (Lipinski definition) is 1. The highest BCUT2D eigenvalue weighted by Crippen LogP contribution is 2.35. The molecule has 0 unspecified atom stereocenters. The Bertz CT molecular complexity index is 399. The fraction of sp³-hybridized carbons (Fsp3) is 0.300. The normalized spacial score (nSPS) is 11.2. The number of phenols is 1. The molecule has 0 atom stereocenters. The van der Waals surface area contributed by atoms with Crippen LogP contribution in [0.25, 0.3) is 0 Å². The Morgan fingerprint density at radius 1 is 1.44 bits per heavy atom. The van der Waals surface area contributed by atoms with Crippen LogP contribution in [0.2, 0.25) is 0 Å². The number of hydrogen-bond acceptors (Lipinski definition) is 3. The van der Waals surface area contributed by atoms with Crippen molar-refractivity contribution in [3.8, 4) is 11.5 Å². The second-order valence-corrected chi connectivity index (χ2v) is 3.01. The summed E-state index contributed by atoms with van der Waals surface area (Å²) in [7, 11) is 0. The van der Waals surface area contributed by atoms with Crippen molar-refractivity contribution in [2.75, 3.05) is 0 Å². The first-order chi connectivity index (χ1) is 7.34. The van der Waals surface area contributed by atoms with Crippen molar-refractivity contribution in [1.29, 1.82) is 0 Å². The van der Waals surface area contributed by atoms with Crippen LogP contribution in [0.3, 0.4) is 0 Å². The smallest absolute Gasteiger partial charge is 0.416 e. The Morgan fingerprint density at radius 2 is 2.06 bits per heavy atom. The zero-order valence-corrected chi connectivity index (χ0v) is 8.34. The van der Waals surface area contributed by atoms with E-state index < -0.39 is 23.5 Å². The van der Waals surface area contributed by atoms with E-state index in [1.807, 2.05) is 0 Å². The van der Waals surface area contributed by atoms with Gasteiger partial charge in [0.25, 0.3) is 0 Å². The molecule has 0 heterocycles. The van der Waals surface area contributed by atoms with Gasteiger partial charge in [0.1, 0.15) is 0 Å². The van der Waals surface area contributed by atoms with E-state index in [0.29, 0.717) is 6.07 Å². The molecule has 0 radical (unpaired) electrons. The molecule has 16 heavy (non-hydrogen) atoms. The Labute approximate surface area is 89.5 Å². The van der Waals surface area contributed by atoms with Gasteiger partial charge in [0.15, 0.2) is 11.5 Å². The van der Waals surface area contributed by atoms with E-state index in [2.05, 4.69) is 4.74 Å². The van der Waals surface area contributed by atoms with Crippen LogP contribution in [0.1, 0.15) is 18.9 Å². The largest absolute Gasteiger partial charge is 0.504 e. The zero-order chi connectivity index (χ0) is 12.3. The van der Waals surface area contributed by atoms with E-state index in [1.165, 1.54) is 6.92 Å². The molecule has 88 valence electrons. The minimum absolute atomic E-state index is 0.0699. The summed E-state index contributed by atoms with van der Waals surface area (Å²) in [5, 5.41) is 9.22. The lowest BCUT2D eigenvalue weighted by Crippen LogP contribution is -2.07. The third-order valence-electron chi connectivity index (χ3n) is 1.80. The average Bonchev–Trinajstić information content (AvgIpc) is 2.19. The van der Waals surface area contributed by atoms with Crippen molar-refractivity contribution < 1.29 is 27.8 Å². The van der Waals surface area contributed by atoms with Crippen molar-refractivity contribution >= 4 is 5.97 Å². The molecular formula is C10H9F3O3. The maximum absolute atomic E-state index is 12.2. The number of aromatic hydroxyl groups is 1. The number of rotatable bonds is 2. The van der Waals surface area contributed by atoms with Crippen molar-refractivity contribution in [2.45, 2.75) is 19.5 Å². The van der Waals surface area contributed by atoms with Gasteiger partial charge in [-0.3, -0.25) is 4.79 Å². The summed E-state index contributed by atoms with van der Waals surface area (Å²) in [5.74, 6) is -1.62. The molecule has 0 fully saturated rings. The number of phenolic OH excluding ortho intramolecular Hbond substituents is 1. The fourth-order valence-electron chi connectivity index (χ4n) is 0.975. The highest BCUT2D eigenvalue weighted by molar-refractivity contribution is 5.72. The number of carbonyl (C=O) groups is 1. The van der Waals surface area contributed by atoms with Crippen molar-refractivity contribution in [2.24, 2.45) is 0 Å². The first kappa shape index (κ1) is 12.4. The van der Waals surface area contributed by atoms with Crippen LogP contribution in [-0.2, 0) is 11.0 Å². The number of benzene rings is 1. The van der Waals surface area contributed by atoms with E-state index in [4.69, 9.17) is 0 Å². The SMILES string of the molecule is CCC(=O)Oc1ccc(C(F)(F)F)cc1O. The van der Waals surface area contributed by atoms with Gasteiger partial charge in [-0.15, -0.1) is 0 Å². The van der Waals surface area contributed by atoms with Gasteiger partial charge >= 0.3 is 12.1 Å². The summed E-state index contributed by atoms with van der Waals surface area (Å²) < 4.78 is 41.2. The molecule has 1 aromatic carbocycles.